The fraction of sp³-hybridized carbons (Fsp3) is 0.0769. The molecule has 19 heavy (non-hydrogen) atoms. The van der Waals surface area contributed by atoms with Crippen LogP contribution in [-0.2, 0) is 0 Å². The van der Waals surface area contributed by atoms with Crippen molar-refractivity contribution in [1.82, 2.24) is 0 Å². The molecule has 2 aromatic carbocycles. The highest BCUT2D eigenvalue weighted by atomic mass is 19.1. The molecule has 0 aliphatic heterocycles. The van der Waals surface area contributed by atoms with Crippen LogP contribution in [0.25, 0.3) is 0 Å². The van der Waals surface area contributed by atoms with Gasteiger partial charge in [-0.05, 0) is 24.6 Å². The molecule has 2 aromatic rings. The molecular formula is C13H12FN3O2. The summed E-state index contributed by atoms with van der Waals surface area (Å²) in [6.07, 6.45) is 0. The normalized spacial score (nSPS) is 10.2. The lowest BCUT2D eigenvalue weighted by Crippen LogP contribution is -2.01. The number of non-ortho nitro benzene ring substituents is 1. The number of aryl methyl sites for hydroxylation is 1. The molecule has 0 fully saturated rings. The van der Waals surface area contributed by atoms with Gasteiger partial charge in [-0.1, -0.05) is 12.1 Å². The molecule has 2 rings (SSSR count). The number of rotatable bonds is 3. The van der Waals surface area contributed by atoms with Gasteiger partial charge in [-0.15, -0.1) is 0 Å². The van der Waals surface area contributed by atoms with Gasteiger partial charge in [0, 0.05) is 12.1 Å². The van der Waals surface area contributed by atoms with Crippen molar-refractivity contribution in [2.45, 2.75) is 6.92 Å². The molecule has 0 aliphatic rings. The van der Waals surface area contributed by atoms with E-state index in [1.165, 1.54) is 24.3 Å². The molecule has 0 atom stereocenters. The highest BCUT2D eigenvalue weighted by Gasteiger charge is 2.11. The predicted molar refractivity (Wildman–Crippen MR) is 71.9 cm³/mol. The van der Waals surface area contributed by atoms with Gasteiger partial charge < -0.3 is 11.1 Å². The molecule has 98 valence electrons. The molecule has 0 heterocycles. The third-order valence-electron chi connectivity index (χ3n) is 2.73. The maximum atomic E-state index is 13.7. The lowest BCUT2D eigenvalue weighted by atomic mass is 10.1. The van der Waals surface area contributed by atoms with E-state index in [4.69, 9.17) is 5.73 Å². The summed E-state index contributed by atoms with van der Waals surface area (Å²) >= 11 is 0. The van der Waals surface area contributed by atoms with Crippen LogP contribution in [0.3, 0.4) is 0 Å². The van der Waals surface area contributed by atoms with Crippen LogP contribution in [0.5, 0.6) is 0 Å². The first-order valence-electron chi connectivity index (χ1n) is 5.55. The van der Waals surface area contributed by atoms with Gasteiger partial charge in [0.2, 0.25) is 0 Å². The standard InChI is InChI=1S/C13H12FN3O2/c1-8-3-2-4-10(14)13(8)16-12-6-5-9(17(18)19)7-11(12)15/h2-7,16H,15H2,1H3. The second-order valence-corrected chi connectivity index (χ2v) is 4.09. The van der Waals surface area contributed by atoms with Crippen LogP contribution in [0, 0.1) is 22.9 Å². The number of anilines is 3. The number of nitro benzene ring substituents is 1. The number of hydrogen-bond acceptors (Lipinski definition) is 4. The molecule has 0 radical (unpaired) electrons. The zero-order valence-corrected chi connectivity index (χ0v) is 10.2. The van der Waals surface area contributed by atoms with Crippen molar-refractivity contribution >= 4 is 22.7 Å². The van der Waals surface area contributed by atoms with Crippen LogP contribution in [0.1, 0.15) is 5.56 Å². The zero-order valence-electron chi connectivity index (χ0n) is 10.2. The van der Waals surface area contributed by atoms with Crippen LogP contribution >= 0.6 is 0 Å². The first kappa shape index (κ1) is 12.8. The summed E-state index contributed by atoms with van der Waals surface area (Å²) in [5, 5.41) is 13.5. The average Bonchev–Trinajstić information content (AvgIpc) is 2.35. The molecule has 3 N–H and O–H groups in total. The summed E-state index contributed by atoms with van der Waals surface area (Å²) in [6.45, 7) is 1.76. The van der Waals surface area contributed by atoms with Crippen molar-refractivity contribution < 1.29 is 9.31 Å². The summed E-state index contributed by atoms with van der Waals surface area (Å²) in [4.78, 5) is 10.1. The minimum absolute atomic E-state index is 0.103. The third-order valence-corrected chi connectivity index (χ3v) is 2.73. The molecule has 0 unspecified atom stereocenters. The Labute approximate surface area is 109 Å². The van der Waals surface area contributed by atoms with Crippen LogP contribution in [0.2, 0.25) is 0 Å². The average molecular weight is 261 g/mol. The lowest BCUT2D eigenvalue weighted by molar-refractivity contribution is -0.384. The largest absolute Gasteiger partial charge is 0.397 e. The highest BCUT2D eigenvalue weighted by Crippen LogP contribution is 2.29. The fourth-order valence-corrected chi connectivity index (χ4v) is 1.70. The van der Waals surface area contributed by atoms with Gasteiger partial charge in [-0.3, -0.25) is 10.1 Å². The minimum Gasteiger partial charge on any atom is -0.397 e. The number of halogens is 1. The number of nitrogens with two attached hydrogens (primary N) is 1. The highest BCUT2D eigenvalue weighted by molar-refractivity contribution is 5.75. The Balaban J connectivity index is 2.36. The van der Waals surface area contributed by atoms with E-state index < -0.39 is 10.7 Å². The molecule has 0 saturated heterocycles. The fourth-order valence-electron chi connectivity index (χ4n) is 1.70. The molecule has 5 nitrogen and oxygen atoms in total. The van der Waals surface area contributed by atoms with Crippen molar-refractivity contribution in [3.05, 3.63) is 57.9 Å². The maximum Gasteiger partial charge on any atom is 0.271 e. The zero-order chi connectivity index (χ0) is 14.0. The Kier molecular flexibility index (Phi) is 3.33. The van der Waals surface area contributed by atoms with Gasteiger partial charge in [0.25, 0.3) is 5.69 Å². The van der Waals surface area contributed by atoms with Crippen LogP contribution in [-0.4, -0.2) is 4.92 Å². The molecule has 0 aromatic heterocycles. The third kappa shape index (κ3) is 2.62. The summed E-state index contributed by atoms with van der Waals surface area (Å²) in [6, 6.07) is 8.70. The van der Waals surface area contributed by atoms with Gasteiger partial charge in [-0.2, -0.15) is 0 Å². The van der Waals surface area contributed by atoms with Crippen LogP contribution in [0.15, 0.2) is 36.4 Å². The van der Waals surface area contributed by atoms with E-state index in [0.717, 1.165) is 5.56 Å². The Hall–Kier alpha value is -2.63. The molecular weight excluding hydrogens is 249 g/mol. The Morgan fingerprint density at radius 1 is 1.32 bits per heavy atom. The number of hydrogen-bond donors (Lipinski definition) is 2. The predicted octanol–water partition coefficient (Wildman–Crippen LogP) is 3.37. The Morgan fingerprint density at radius 3 is 2.63 bits per heavy atom. The van der Waals surface area contributed by atoms with Crippen LogP contribution < -0.4 is 11.1 Å². The lowest BCUT2D eigenvalue weighted by Gasteiger charge is -2.12. The molecule has 0 saturated carbocycles. The summed E-state index contributed by atoms with van der Waals surface area (Å²) < 4.78 is 13.7. The van der Waals surface area contributed by atoms with Gasteiger partial charge in [0.1, 0.15) is 5.82 Å². The van der Waals surface area contributed by atoms with Crippen molar-refractivity contribution in [3.63, 3.8) is 0 Å². The van der Waals surface area contributed by atoms with E-state index in [2.05, 4.69) is 5.32 Å². The molecule has 0 bridgehead atoms. The van der Waals surface area contributed by atoms with E-state index in [0.29, 0.717) is 11.4 Å². The van der Waals surface area contributed by atoms with E-state index >= 15 is 0 Å². The molecule has 0 aliphatic carbocycles. The molecule has 0 spiro atoms. The molecule has 6 heteroatoms. The SMILES string of the molecule is Cc1cccc(F)c1Nc1ccc([N+](=O)[O-])cc1N. The van der Waals surface area contributed by atoms with E-state index in [1.54, 1.807) is 19.1 Å². The summed E-state index contributed by atoms with van der Waals surface area (Å²) in [5.41, 5.74) is 7.26. The van der Waals surface area contributed by atoms with Gasteiger partial charge in [0.15, 0.2) is 0 Å². The van der Waals surface area contributed by atoms with Crippen molar-refractivity contribution in [1.29, 1.82) is 0 Å². The number of benzene rings is 2. The summed E-state index contributed by atoms with van der Waals surface area (Å²) in [7, 11) is 0. The number of nitrogens with one attached hydrogen (secondary N) is 1. The monoisotopic (exact) mass is 261 g/mol. The van der Waals surface area contributed by atoms with Gasteiger partial charge in [0.05, 0.1) is 22.0 Å². The van der Waals surface area contributed by atoms with Crippen molar-refractivity contribution in [3.8, 4) is 0 Å². The smallest absolute Gasteiger partial charge is 0.271 e. The van der Waals surface area contributed by atoms with Crippen molar-refractivity contribution in [2.24, 2.45) is 0 Å². The van der Waals surface area contributed by atoms with E-state index in [9.17, 15) is 14.5 Å². The Morgan fingerprint density at radius 2 is 2.05 bits per heavy atom. The topological polar surface area (TPSA) is 81.2 Å². The van der Waals surface area contributed by atoms with Crippen LogP contribution in [0.4, 0.5) is 27.1 Å². The first-order chi connectivity index (χ1) is 8.99. The quantitative estimate of drug-likeness (QED) is 0.504. The number of nitrogens with zero attached hydrogens (tertiary/aromatic N) is 1. The number of nitro groups is 1. The second kappa shape index (κ2) is 4.93. The van der Waals surface area contributed by atoms with Crippen molar-refractivity contribution in [2.75, 3.05) is 11.1 Å². The number of nitrogen functional groups attached to an aromatic ring is 1. The van der Waals surface area contributed by atoms with Gasteiger partial charge >= 0.3 is 0 Å². The van der Waals surface area contributed by atoms with E-state index in [-0.39, 0.29) is 11.4 Å². The second-order valence-electron chi connectivity index (χ2n) is 4.09. The molecule has 0 amide bonds. The first-order valence-corrected chi connectivity index (χ1v) is 5.55. The van der Waals surface area contributed by atoms with Gasteiger partial charge in [-0.25, -0.2) is 4.39 Å². The maximum absolute atomic E-state index is 13.7. The number of para-hydroxylation sites is 1. The van der Waals surface area contributed by atoms with E-state index in [1.807, 2.05) is 0 Å². The summed E-state index contributed by atoms with van der Waals surface area (Å²) in [5.74, 6) is -0.405. The Bertz CT molecular complexity index is 624. The minimum atomic E-state index is -0.533.